The molecule has 170 valence electrons. The number of halogens is 3. The van der Waals surface area contributed by atoms with E-state index in [4.69, 9.17) is 0 Å². The van der Waals surface area contributed by atoms with Crippen molar-refractivity contribution in [3.05, 3.63) is 0 Å². The Morgan fingerprint density at radius 3 is 2.28 bits per heavy atom. The fourth-order valence-corrected chi connectivity index (χ4v) is 4.79. The summed E-state index contributed by atoms with van der Waals surface area (Å²) in [7, 11) is -3.58. The number of nitrogens with zero attached hydrogens (tertiary/aromatic N) is 3. The van der Waals surface area contributed by atoms with Crippen molar-refractivity contribution >= 4 is 16.0 Å². The normalized spacial score (nSPS) is 21.3. The van der Waals surface area contributed by atoms with Crippen LogP contribution in [0.4, 0.5) is 13.2 Å². The molecular formula is C18H34F3N5O2S. The third kappa shape index (κ3) is 7.60. The zero-order valence-electron chi connectivity index (χ0n) is 17.2. The molecule has 7 nitrogen and oxygen atoms in total. The first kappa shape index (κ1) is 24.2. The predicted octanol–water partition coefficient (Wildman–Crippen LogP) is 2.12. The highest BCUT2D eigenvalue weighted by Gasteiger charge is 2.50. The van der Waals surface area contributed by atoms with Crippen LogP contribution in [-0.2, 0) is 10.0 Å². The number of likely N-dealkylation sites (tertiary alicyclic amines) is 1. The fourth-order valence-electron chi connectivity index (χ4n) is 3.80. The Hall–Kier alpha value is -1.07. The van der Waals surface area contributed by atoms with Crippen LogP contribution in [0.5, 0.6) is 0 Å². The summed E-state index contributed by atoms with van der Waals surface area (Å²) in [4.78, 5) is 6.69. The topological polar surface area (TPSA) is 77.0 Å². The Kier molecular flexibility index (Phi) is 9.48. The largest absolute Gasteiger partial charge is 0.511 e. The van der Waals surface area contributed by atoms with Crippen molar-refractivity contribution in [1.82, 2.24) is 19.8 Å². The summed E-state index contributed by atoms with van der Waals surface area (Å²) in [5.74, 6) is 0.609. The summed E-state index contributed by atoms with van der Waals surface area (Å²) in [6.07, 6.45) is 7.93. The highest BCUT2D eigenvalue weighted by Crippen LogP contribution is 2.28. The third-order valence-corrected chi connectivity index (χ3v) is 7.17. The number of guanidine groups is 1. The molecule has 0 atom stereocenters. The molecule has 2 rings (SSSR count). The van der Waals surface area contributed by atoms with E-state index in [1.165, 1.54) is 38.8 Å². The molecule has 0 aromatic rings. The van der Waals surface area contributed by atoms with Crippen molar-refractivity contribution in [3.8, 4) is 0 Å². The number of piperidine rings is 2. The van der Waals surface area contributed by atoms with Crippen LogP contribution in [0, 0.1) is 0 Å². The van der Waals surface area contributed by atoms with Gasteiger partial charge in [-0.2, -0.15) is 17.5 Å². The van der Waals surface area contributed by atoms with Crippen LogP contribution in [0.25, 0.3) is 0 Å². The number of unbranched alkanes of at least 4 members (excludes halogenated alkanes) is 2. The second-order valence-corrected chi connectivity index (χ2v) is 9.66. The average Bonchev–Trinajstić information content (AvgIpc) is 2.70. The molecule has 2 saturated heterocycles. The van der Waals surface area contributed by atoms with Gasteiger partial charge in [0, 0.05) is 32.7 Å². The molecule has 0 amide bonds. The quantitative estimate of drug-likeness (QED) is 0.343. The molecule has 0 unspecified atom stereocenters. The number of hydrogen-bond donors (Lipinski definition) is 2. The van der Waals surface area contributed by atoms with Gasteiger partial charge in [-0.3, -0.25) is 4.99 Å². The van der Waals surface area contributed by atoms with Crippen LogP contribution in [0.15, 0.2) is 4.99 Å². The maximum atomic E-state index is 12.6. The first-order valence-electron chi connectivity index (χ1n) is 10.5. The van der Waals surface area contributed by atoms with Crippen LogP contribution >= 0.6 is 0 Å². The van der Waals surface area contributed by atoms with Crippen molar-refractivity contribution in [2.45, 2.75) is 62.9 Å². The van der Waals surface area contributed by atoms with E-state index in [9.17, 15) is 21.6 Å². The van der Waals surface area contributed by atoms with E-state index in [-0.39, 0.29) is 19.1 Å². The molecule has 11 heteroatoms. The second-order valence-electron chi connectivity index (χ2n) is 7.73. The van der Waals surface area contributed by atoms with Gasteiger partial charge in [0.1, 0.15) is 0 Å². The minimum absolute atomic E-state index is 0.0972. The maximum absolute atomic E-state index is 12.6. The van der Waals surface area contributed by atoms with Crippen LogP contribution in [0.3, 0.4) is 0 Å². The lowest BCUT2D eigenvalue weighted by Gasteiger charge is -2.32. The molecule has 2 aliphatic heterocycles. The molecule has 2 heterocycles. The molecule has 0 aromatic heterocycles. The summed E-state index contributed by atoms with van der Waals surface area (Å²) < 4.78 is 61.4. The number of hydrogen-bond acceptors (Lipinski definition) is 4. The molecule has 0 radical (unpaired) electrons. The molecule has 0 bridgehead atoms. The van der Waals surface area contributed by atoms with E-state index in [1.807, 2.05) is 0 Å². The number of sulfonamides is 1. The van der Waals surface area contributed by atoms with E-state index in [0.29, 0.717) is 23.1 Å². The standard InChI is InChI=1S/C18H34F3N5O2S/c1-22-17(23-10-4-2-5-11-25-12-6-3-7-13-25)24-16-8-14-26(15-9-16)29(27,28)18(19,20)21/h16H,2-15H2,1H3,(H2,22,23,24). The third-order valence-electron chi connectivity index (χ3n) is 5.54. The summed E-state index contributed by atoms with van der Waals surface area (Å²) in [5, 5.41) is 6.42. The van der Waals surface area contributed by atoms with Crippen LogP contribution in [0.2, 0.25) is 0 Å². The monoisotopic (exact) mass is 441 g/mol. The minimum atomic E-state index is -5.24. The Labute approximate surface area is 172 Å². The smallest absolute Gasteiger partial charge is 0.356 e. The SMILES string of the molecule is CN=C(NCCCCCN1CCCCC1)NC1CCN(S(=O)(=O)C(F)(F)F)CC1. The van der Waals surface area contributed by atoms with Gasteiger partial charge in [0.2, 0.25) is 0 Å². The van der Waals surface area contributed by atoms with Crippen LogP contribution < -0.4 is 10.6 Å². The molecule has 0 aromatic carbocycles. The van der Waals surface area contributed by atoms with E-state index in [0.717, 1.165) is 25.9 Å². The van der Waals surface area contributed by atoms with Gasteiger partial charge in [-0.15, -0.1) is 0 Å². The van der Waals surface area contributed by atoms with Gasteiger partial charge < -0.3 is 15.5 Å². The van der Waals surface area contributed by atoms with Gasteiger partial charge in [-0.05, 0) is 58.2 Å². The first-order chi connectivity index (χ1) is 13.7. The van der Waals surface area contributed by atoms with Crippen molar-refractivity contribution in [1.29, 1.82) is 0 Å². The lowest BCUT2D eigenvalue weighted by atomic mass is 10.1. The molecule has 2 aliphatic rings. The fraction of sp³-hybridized carbons (Fsp3) is 0.944. The predicted molar refractivity (Wildman–Crippen MR) is 108 cm³/mol. The van der Waals surface area contributed by atoms with E-state index in [1.54, 1.807) is 7.05 Å². The second kappa shape index (κ2) is 11.4. The van der Waals surface area contributed by atoms with Gasteiger partial charge in [-0.25, -0.2) is 8.42 Å². The molecule has 29 heavy (non-hydrogen) atoms. The Balaban J connectivity index is 1.60. The Morgan fingerprint density at radius 2 is 1.69 bits per heavy atom. The van der Waals surface area contributed by atoms with E-state index >= 15 is 0 Å². The zero-order valence-corrected chi connectivity index (χ0v) is 18.0. The van der Waals surface area contributed by atoms with Crippen molar-refractivity contribution in [3.63, 3.8) is 0 Å². The minimum Gasteiger partial charge on any atom is -0.356 e. The number of alkyl halides is 3. The van der Waals surface area contributed by atoms with Gasteiger partial charge in [-0.1, -0.05) is 12.8 Å². The van der Waals surface area contributed by atoms with Crippen molar-refractivity contribution in [2.24, 2.45) is 4.99 Å². The van der Waals surface area contributed by atoms with Crippen molar-refractivity contribution in [2.75, 3.05) is 46.3 Å². The summed E-state index contributed by atoms with van der Waals surface area (Å²) in [6.45, 7) is 4.09. The van der Waals surface area contributed by atoms with Gasteiger partial charge in [0.05, 0.1) is 0 Å². The van der Waals surface area contributed by atoms with Gasteiger partial charge >= 0.3 is 15.5 Å². The number of rotatable bonds is 8. The summed E-state index contributed by atoms with van der Waals surface area (Å²) in [6, 6.07) is -0.0972. The van der Waals surface area contributed by atoms with Crippen molar-refractivity contribution < 1.29 is 21.6 Å². The number of aliphatic imine (C=N–C) groups is 1. The highest BCUT2D eigenvalue weighted by atomic mass is 32.2. The lowest BCUT2D eigenvalue weighted by Crippen LogP contribution is -2.51. The zero-order chi connectivity index (χ0) is 21.3. The molecular weight excluding hydrogens is 407 g/mol. The lowest BCUT2D eigenvalue weighted by molar-refractivity contribution is -0.0494. The first-order valence-corrected chi connectivity index (χ1v) is 11.9. The number of nitrogens with one attached hydrogen (secondary N) is 2. The Morgan fingerprint density at radius 1 is 1.03 bits per heavy atom. The van der Waals surface area contributed by atoms with E-state index in [2.05, 4.69) is 20.5 Å². The molecule has 0 spiro atoms. The van der Waals surface area contributed by atoms with Crippen LogP contribution in [0.1, 0.15) is 51.4 Å². The Bertz CT molecular complexity index is 613. The van der Waals surface area contributed by atoms with Gasteiger partial charge in [0.25, 0.3) is 0 Å². The molecule has 2 N–H and O–H groups in total. The maximum Gasteiger partial charge on any atom is 0.511 e. The highest BCUT2D eigenvalue weighted by molar-refractivity contribution is 7.90. The molecule has 0 aliphatic carbocycles. The summed E-state index contributed by atoms with van der Waals surface area (Å²) >= 11 is 0. The molecule has 2 fully saturated rings. The average molecular weight is 442 g/mol. The van der Waals surface area contributed by atoms with E-state index < -0.39 is 15.5 Å². The molecule has 0 saturated carbocycles. The van der Waals surface area contributed by atoms with Gasteiger partial charge in [0.15, 0.2) is 5.96 Å². The summed E-state index contributed by atoms with van der Waals surface area (Å²) in [5.41, 5.74) is -5.24. The van der Waals surface area contributed by atoms with Crippen LogP contribution in [-0.4, -0.2) is 81.4 Å².